The number of hydrogen-bond acceptors (Lipinski definition) is 3. The molecule has 0 aliphatic heterocycles. The zero-order valence-corrected chi connectivity index (χ0v) is 12.4. The third kappa shape index (κ3) is 3.81. The van der Waals surface area contributed by atoms with E-state index in [1.807, 2.05) is 6.92 Å². The molecule has 0 saturated heterocycles. The highest BCUT2D eigenvalue weighted by Gasteiger charge is 2.20. The van der Waals surface area contributed by atoms with Crippen LogP contribution in [0, 0.1) is 0 Å². The van der Waals surface area contributed by atoms with Gasteiger partial charge in [0.25, 0.3) is 0 Å². The van der Waals surface area contributed by atoms with Crippen LogP contribution in [0.25, 0.3) is 0 Å². The molecule has 0 aliphatic rings. The molecule has 0 bridgehead atoms. The Bertz CT molecular complexity index is 538. The Morgan fingerprint density at radius 3 is 2.63 bits per heavy atom. The Labute approximate surface area is 116 Å². The normalized spacial score (nSPS) is 11.7. The summed E-state index contributed by atoms with van der Waals surface area (Å²) in [5.41, 5.74) is 7.35. The van der Waals surface area contributed by atoms with Crippen molar-refractivity contribution in [3.8, 4) is 0 Å². The van der Waals surface area contributed by atoms with Crippen molar-refractivity contribution >= 4 is 15.7 Å². The van der Waals surface area contributed by atoms with Gasteiger partial charge in [-0.2, -0.15) is 0 Å². The number of nitrogens with two attached hydrogens (primary N) is 1. The van der Waals surface area contributed by atoms with Crippen LogP contribution in [0.2, 0.25) is 0 Å². The van der Waals surface area contributed by atoms with Gasteiger partial charge in [0.05, 0.1) is 4.90 Å². The summed E-state index contributed by atoms with van der Waals surface area (Å²) in [6.07, 6.45) is 4.15. The number of aryl methyl sites for hydroxylation is 1. The SMILES string of the molecule is C=CCCCN(C)S(=O)(=O)c1ccc(CC)c(N)c1. The molecule has 0 aliphatic carbocycles. The van der Waals surface area contributed by atoms with Crippen LogP contribution in [0.4, 0.5) is 5.69 Å². The van der Waals surface area contributed by atoms with Crippen LogP contribution in [-0.4, -0.2) is 26.3 Å². The van der Waals surface area contributed by atoms with Gasteiger partial charge in [0.1, 0.15) is 0 Å². The van der Waals surface area contributed by atoms with E-state index in [0.29, 0.717) is 12.2 Å². The van der Waals surface area contributed by atoms with Gasteiger partial charge in [0.15, 0.2) is 0 Å². The summed E-state index contributed by atoms with van der Waals surface area (Å²) >= 11 is 0. The standard InChI is InChI=1S/C14H22N2O2S/c1-4-6-7-10-16(3)19(17,18)13-9-8-12(5-2)14(15)11-13/h4,8-9,11H,1,5-7,10,15H2,2-3H3. The topological polar surface area (TPSA) is 63.4 Å². The molecule has 106 valence electrons. The van der Waals surface area contributed by atoms with Gasteiger partial charge in [-0.05, 0) is 37.0 Å². The van der Waals surface area contributed by atoms with Crippen LogP contribution in [0.1, 0.15) is 25.3 Å². The van der Waals surface area contributed by atoms with Gasteiger partial charge in [-0.1, -0.05) is 19.1 Å². The minimum atomic E-state index is -3.45. The number of anilines is 1. The van der Waals surface area contributed by atoms with Crippen LogP contribution in [0.5, 0.6) is 0 Å². The lowest BCUT2D eigenvalue weighted by atomic mass is 10.1. The molecule has 4 nitrogen and oxygen atoms in total. The fourth-order valence-electron chi connectivity index (χ4n) is 1.81. The maximum Gasteiger partial charge on any atom is 0.242 e. The van der Waals surface area contributed by atoms with Crippen molar-refractivity contribution in [2.75, 3.05) is 19.3 Å². The third-order valence-electron chi connectivity index (χ3n) is 3.09. The molecule has 0 saturated carbocycles. The van der Waals surface area contributed by atoms with Gasteiger partial charge in [-0.3, -0.25) is 0 Å². The van der Waals surface area contributed by atoms with Crippen LogP contribution in [0.3, 0.4) is 0 Å². The number of unbranched alkanes of at least 4 members (excludes halogenated alkanes) is 1. The molecule has 0 amide bonds. The van der Waals surface area contributed by atoms with Gasteiger partial charge < -0.3 is 5.73 Å². The molecule has 5 heteroatoms. The average molecular weight is 282 g/mol. The van der Waals surface area contributed by atoms with E-state index in [1.165, 1.54) is 10.4 Å². The van der Waals surface area contributed by atoms with Crippen molar-refractivity contribution in [3.05, 3.63) is 36.4 Å². The second-order valence-corrected chi connectivity index (χ2v) is 6.52. The maximum absolute atomic E-state index is 12.3. The Balaban J connectivity index is 2.93. The molecular formula is C14H22N2O2S. The molecule has 0 heterocycles. The van der Waals surface area contributed by atoms with Gasteiger partial charge in [-0.15, -0.1) is 6.58 Å². The second-order valence-electron chi connectivity index (χ2n) is 4.47. The number of rotatable bonds is 7. The highest BCUT2D eigenvalue weighted by Crippen LogP contribution is 2.21. The number of hydrogen-bond donors (Lipinski definition) is 1. The molecule has 2 N–H and O–H groups in total. The van der Waals surface area contributed by atoms with Crippen LogP contribution < -0.4 is 5.73 Å². The van der Waals surface area contributed by atoms with E-state index in [9.17, 15) is 8.42 Å². The van der Waals surface area contributed by atoms with Crippen molar-refractivity contribution in [2.24, 2.45) is 0 Å². The number of nitrogen functional groups attached to an aromatic ring is 1. The van der Waals surface area contributed by atoms with E-state index >= 15 is 0 Å². The van der Waals surface area contributed by atoms with Crippen LogP contribution in [-0.2, 0) is 16.4 Å². The quantitative estimate of drug-likeness (QED) is 0.474. The minimum Gasteiger partial charge on any atom is -0.398 e. The Kier molecular flexibility index (Phi) is 5.57. The van der Waals surface area contributed by atoms with E-state index < -0.39 is 10.0 Å². The monoisotopic (exact) mass is 282 g/mol. The highest BCUT2D eigenvalue weighted by atomic mass is 32.2. The van der Waals surface area contributed by atoms with Gasteiger partial charge >= 0.3 is 0 Å². The first kappa shape index (κ1) is 15.7. The number of allylic oxidation sites excluding steroid dienone is 1. The molecule has 0 unspecified atom stereocenters. The average Bonchev–Trinajstić information content (AvgIpc) is 2.38. The smallest absolute Gasteiger partial charge is 0.242 e. The summed E-state index contributed by atoms with van der Waals surface area (Å²) in [5.74, 6) is 0. The van der Waals surface area contributed by atoms with E-state index in [4.69, 9.17) is 5.73 Å². The minimum absolute atomic E-state index is 0.253. The Morgan fingerprint density at radius 2 is 2.11 bits per heavy atom. The molecular weight excluding hydrogens is 260 g/mol. The molecule has 1 aromatic carbocycles. The summed E-state index contributed by atoms with van der Waals surface area (Å²) in [7, 11) is -1.86. The summed E-state index contributed by atoms with van der Waals surface area (Å²) in [5, 5.41) is 0. The lowest BCUT2D eigenvalue weighted by molar-refractivity contribution is 0.463. The lowest BCUT2D eigenvalue weighted by Gasteiger charge is -2.17. The molecule has 0 fully saturated rings. The van der Waals surface area contributed by atoms with E-state index in [1.54, 1.807) is 25.3 Å². The molecule has 0 atom stereocenters. The van der Waals surface area contributed by atoms with Crippen molar-refractivity contribution < 1.29 is 8.42 Å². The molecule has 1 aromatic rings. The van der Waals surface area contributed by atoms with Gasteiger partial charge in [0, 0.05) is 19.3 Å². The second kappa shape index (κ2) is 6.73. The third-order valence-corrected chi connectivity index (χ3v) is 4.94. The maximum atomic E-state index is 12.3. The van der Waals surface area contributed by atoms with Crippen molar-refractivity contribution in [3.63, 3.8) is 0 Å². The summed E-state index contributed by atoms with van der Waals surface area (Å²) in [6, 6.07) is 4.94. The van der Waals surface area contributed by atoms with Gasteiger partial charge in [0.2, 0.25) is 10.0 Å². The van der Waals surface area contributed by atoms with Crippen LogP contribution >= 0.6 is 0 Å². The van der Waals surface area contributed by atoms with Crippen molar-refractivity contribution in [2.45, 2.75) is 31.1 Å². The molecule has 1 rings (SSSR count). The zero-order valence-electron chi connectivity index (χ0n) is 11.6. The first-order valence-corrected chi connectivity index (χ1v) is 7.83. The first-order valence-electron chi connectivity index (χ1n) is 6.39. The summed E-state index contributed by atoms with van der Waals surface area (Å²) < 4.78 is 26.0. The molecule has 0 aromatic heterocycles. The predicted molar refractivity (Wildman–Crippen MR) is 79.5 cm³/mol. The predicted octanol–water partition coefficient (Wildman–Crippen LogP) is 2.42. The first-order chi connectivity index (χ1) is 8.93. The van der Waals surface area contributed by atoms with Crippen molar-refractivity contribution in [1.82, 2.24) is 4.31 Å². The Morgan fingerprint density at radius 1 is 1.42 bits per heavy atom. The number of benzene rings is 1. The van der Waals surface area contributed by atoms with Crippen LogP contribution in [0.15, 0.2) is 35.7 Å². The van der Waals surface area contributed by atoms with Crippen molar-refractivity contribution in [1.29, 1.82) is 0 Å². The number of nitrogens with zero attached hydrogens (tertiary/aromatic N) is 1. The Hall–Kier alpha value is -1.33. The fraction of sp³-hybridized carbons (Fsp3) is 0.429. The zero-order chi connectivity index (χ0) is 14.5. The fourth-order valence-corrected chi connectivity index (χ4v) is 3.06. The van der Waals surface area contributed by atoms with E-state index in [-0.39, 0.29) is 4.90 Å². The van der Waals surface area contributed by atoms with E-state index in [2.05, 4.69) is 6.58 Å². The van der Waals surface area contributed by atoms with Gasteiger partial charge in [-0.25, -0.2) is 12.7 Å². The summed E-state index contributed by atoms with van der Waals surface area (Å²) in [4.78, 5) is 0.253. The molecule has 0 spiro atoms. The lowest BCUT2D eigenvalue weighted by Crippen LogP contribution is -2.28. The molecule has 0 radical (unpaired) electrons. The number of sulfonamides is 1. The summed E-state index contributed by atoms with van der Waals surface area (Å²) in [6.45, 7) is 6.09. The molecule has 19 heavy (non-hydrogen) atoms. The van der Waals surface area contributed by atoms with E-state index in [0.717, 1.165) is 24.8 Å². The highest BCUT2D eigenvalue weighted by molar-refractivity contribution is 7.89. The largest absolute Gasteiger partial charge is 0.398 e.